The van der Waals surface area contributed by atoms with Crippen molar-refractivity contribution in [2.45, 2.75) is 50.6 Å². The minimum absolute atomic E-state index is 0.0540. The van der Waals surface area contributed by atoms with Gasteiger partial charge in [-0.15, -0.1) is 0 Å². The molecule has 204 valence electrons. The van der Waals surface area contributed by atoms with Gasteiger partial charge in [0, 0.05) is 18.8 Å². The molecule has 5 rings (SSSR count). The first-order chi connectivity index (χ1) is 18.1. The molecule has 2 amide bonds. The summed E-state index contributed by atoms with van der Waals surface area (Å²) in [6.45, 7) is 5.49. The van der Waals surface area contributed by atoms with Gasteiger partial charge in [0.15, 0.2) is 23.5 Å². The molecule has 12 nitrogen and oxygen atoms in total. The molecule has 14 heteroatoms. The molecule has 0 aliphatic carbocycles. The van der Waals surface area contributed by atoms with Gasteiger partial charge in [0.2, 0.25) is 0 Å². The molecule has 4 atom stereocenters. The van der Waals surface area contributed by atoms with Gasteiger partial charge >= 0.3 is 6.03 Å². The molecular formula is C24H30ClFN8O4. The smallest absolute Gasteiger partial charge is 0.319 e. The van der Waals surface area contributed by atoms with E-state index in [9.17, 15) is 9.18 Å². The Kier molecular flexibility index (Phi) is 7.38. The highest BCUT2D eigenvalue weighted by Gasteiger charge is 2.56. The first-order valence-electron chi connectivity index (χ1n) is 12.2. The number of urea groups is 1. The Morgan fingerprint density at radius 3 is 2.84 bits per heavy atom. The predicted molar refractivity (Wildman–Crippen MR) is 138 cm³/mol. The molecule has 3 aromatic rings. The van der Waals surface area contributed by atoms with Gasteiger partial charge in [0.25, 0.3) is 0 Å². The number of hydrogen-bond acceptors (Lipinski definition) is 9. The highest BCUT2D eigenvalue weighted by molar-refractivity contribution is 6.31. The zero-order valence-corrected chi connectivity index (χ0v) is 22.0. The zero-order chi connectivity index (χ0) is 27.0. The SMILES string of the molecule is CN(CCCNC(=O)Nc1ccc(F)c(Cl)c1)CC1OC(n2cnc3c(N)ncnc32)C2OC(C)(C)OC12. The van der Waals surface area contributed by atoms with Gasteiger partial charge in [-0.05, 0) is 52.1 Å². The summed E-state index contributed by atoms with van der Waals surface area (Å²) in [6, 6.07) is 3.61. The van der Waals surface area contributed by atoms with Crippen LogP contribution in [0, 0.1) is 5.82 Å². The van der Waals surface area contributed by atoms with Crippen LogP contribution in [0.5, 0.6) is 0 Å². The zero-order valence-electron chi connectivity index (χ0n) is 21.2. The summed E-state index contributed by atoms with van der Waals surface area (Å²) in [4.78, 5) is 27.0. The highest BCUT2D eigenvalue weighted by atomic mass is 35.5. The number of aromatic nitrogens is 4. The third-order valence-electron chi connectivity index (χ3n) is 6.46. The Morgan fingerprint density at radius 2 is 2.05 bits per heavy atom. The number of imidazole rings is 1. The number of carbonyl (C=O) groups is 1. The second kappa shape index (κ2) is 10.6. The van der Waals surface area contributed by atoms with Gasteiger partial charge in [-0.25, -0.2) is 24.1 Å². The quantitative estimate of drug-likeness (QED) is 0.362. The molecule has 0 radical (unpaired) electrons. The Balaban J connectivity index is 1.15. The summed E-state index contributed by atoms with van der Waals surface area (Å²) in [7, 11) is 1.98. The van der Waals surface area contributed by atoms with Crippen molar-refractivity contribution >= 4 is 40.3 Å². The molecule has 38 heavy (non-hydrogen) atoms. The van der Waals surface area contributed by atoms with E-state index in [1.54, 1.807) is 6.33 Å². The lowest BCUT2D eigenvalue weighted by Crippen LogP contribution is -2.39. The molecule has 4 unspecified atom stereocenters. The molecule has 4 heterocycles. The molecule has 2 aliphatic heterocycles. The van der Waals surface area contributed by atoms with E-state index in [1.807, 2.05) is 25.5 Å². The van der Waals surface area contributed by atoms with Crippen molar-refractivity contribution < 1.29 is 23.4 Å². The van der Waals surface area contributed by atoms with Gasteiger partial charge in [-0.2, -0.15) is 0 Å². The summed E-state index contributed by atoms with van der Waals surface area (Å²) >= 11 is 5.75. The number of amides is 2. The maximum atomic E-state index is 13.3. The van der Waals surface area contributed by atoms with E-state index < -0.39 is 23.9 Å². The van der Waals surface area contributed by atoms with Crippen LogP contribution in [0.2, 0.25) is 5.02 Å². The monoisotopic (exact) mass is 548 g/mol. The number of anilines is 2. The fourth-order valence-corrected chi connectivity index (χ4v) is 4.97. The lowest BCUT2D eigenvalue weighted by molar-refractivity contribution is -0.197. The van der Waals surface area contributed by atoms with Gasteiger partial charge < -0.3 is 35.5 Å². The van der Waals surface area contributed by atoms with E-state index in [2.05, 4.69) is 30.5 Å². The second-order valence-electron chi connectivity index (χ2n) is 9.84. The second-order valence-corrected chi connectivity index (χ2v) is 10.2. The van der Waals surface area contributed by atoms with E-state index in [1.165, 1.54) is 24.5 Å². The van der Waals surface area contributed by atoms with Crippen LogP contribution in [0.1, 0.15) is 26.5 Å². The van der Waals surface area contributed by atoms with Crippen molar-refractivity contribution in [3.05, 3.63) is 41.7 Å². The van der Waals surface area contributed by atoms with Crippen LogP contribution in [0.25, 0.3) is 11.2 Å². The van der Waals surface area contributed by atoms with E-state index in [0.29, 0.717) is 48.7 Å². The Morgan fingerprint density at radius 1 is 1.26 bits per heavy atom. The van der Waals surface area contributed by atoms with E-state index in [-0.39, 0.29) is 23.3 Å². The molecule has 1 aromatic carbocycles. The Bertz CT molecular complexity index is 1320. The maximum Gasteiger partial charge on any atom is 0.319 e. The number of nitrogens with one attached hydrogen (secondary N) is 2. The molecular weight excluding hydrogens is 519 g/mol. The minimum atomic E-state index is -0.759. The summed E-state index contributed by atoms with van der Waals surface area (Å²) < 4.78 is 34.0. The van der Waals surface area contributed by atoms with E-state index in [0.717, 1.165) is 0 Å². The van der Waals surface area contributed by atoms with Crippen LogP contribution in [0.3, 0.4) is 0 Å². The van der Waals surface area contributed by atoms with Crippen molar-refractivity contribution in [2.75, 3.05) is 37.7 Å². The number of benzene rings is 1. The minimum Gasteiger partial charge on any atom is -0.382 e. The number of fused-ring (bicyclic) bond motifs is 2. The normalized spacial score (nSPS) is 24.2. The van der Waals surface area contributed by atoms with Crippen molar-refractivity contribution in [1.82, 2.24) is 29.7 Å². The lowest BCUT2D eigenvalue weighted by atomic mass is 10.1. The molecule has 4 N–H and O–H groups in total. The number of likely N-dealkylation sites (N-methyl/N-ethyl adjacent to an activating group) is 1. The largest absolute Gasteiger partial charge is 0.382 e. The number of rotatable bonds is 8. The third kappa shape index (κ3) is 5.52. The number of carbonyl (C=O) groups excluding carboxylic acids is 1. The van der Waals surface area contributed by atoms with Crippen molar-refractivity contribution in [1.29, 1.82) is 0 Å². The molecule has 2 fully saturated rings. The molecule has 0 bridgehead atoms. The Hall–Kier alpha value is -3.10. The number of hydrogen-bond donors (Lipinski definition) is 3. The third-order valence-corrected chi connectivity index (χ3v) is 6.75. The first-order valence-corrected chi connectivity index (χ1v) is 12.6. The summed E-state index contributed by atoms with van der Waals surface area (Å²) in [5, 5.41) is 5.37. The van der Waals surface area contributed by atoms with Crippen LogP contribution in [0.4, 0.5) is 20.7 Å². The van der Waals surface area contributed by atoms with Crippen molar-refractivity contribution in [3.8, 4) is 0 Å². The first kappa shape index (κ1) is 26.5. The highest BCUT2D eigenvalue weighted by Crippen LogP contribution is 2.44. The number of ether oxygens (including phenoxy) is 3. The predicted octanol–water partition coefficient (Wildman–Crippen LogP) is 2.76. The van der Waals surface area contributed by atoms with Gasteiger partial charge in [-0.3, -0.25) is 4.57 Å². The molecule has 0 spiro atoms. The van der Waals surface area contributed by atoms with E-state index in [4.69, 9.17) is 31.5 Å². The van der Waals surface area contributed by atoms with Gasteiger partial charge in [0.1, 0.15) is 36.0 Å². The van der Waals surface area contributed by atoms with Gasteiger partial charge in [0.05, 0.1) is 11.3 Å². The molecule has 2 aliphatic rings. The summed E-state index contributed by atoms with van der Waals surface area (Å²) in [5.74, 6) is -1.00. The summed E-state index contributed by atoms with van der Waals surface area (Å²) in [5.41, 5.74) is 7.44. The number of nitrogens with two attached hydrogens (primary N) is 1. The van der Waals surface area contributed by atoms with E-state index >= 15 is 0 Å². The maximum absolute atomic E-state index is 13.3. The molecule has 0 saturated carbocycles. The van der Waals surface area contributed by atoms with Crippen LogP contribution in [-0.4, -0.2) is 81.2 Å². The van der Waals surface area contributed by atoms with Crippen LogP contribution < -0.4 is 16.4 Å². The standard InChI is InChI=1S/C24H30ClFN8O4/c1-24(2)37-18-16(36-22(19(18)38-24)34-12-31-17-20(27)29-11-30-21(17)34)10-33(3)8-4-7-28-23(35)32-13-5-6-15(26)14(25)9-13/h5-6,9,11-12,16,18-19,22H,4,7-8,10H2,1-3H3,(H2,27,29,30)(H2,28,32,35). The average Bonchev–Trinajstić information content (AvgIpc) is 3.51. The summed E-state index contributed by atoms with van der Waals surface area (Å²) in [6.07, 6.45) is 2.31. The fraction of sp³-hybridized carbons (Fsp3) is 0.500. The van der Waals surface area contributed by atoms with Crippen molar-refractivity contribution in [3.63, 3.8) is 0 Å². The lowest BCUT2D eigenvalue weighted by Gasteiger charge is -2.27. The molecule has 2 aromatic heterocycles. The number of nitrogens with zero attached hydrogens (tertiary/aromatic N) is 5. The van der Waals surface area contributed by atoms with Gasteiger partial charge in [-0.1, -0.05) is 11.6 Å². The number of nitrogen functional groups attached to an aromatic ring is 1. The van der Waals surface area contributed by atoms with Crippen molar-refractivity contribution in [2.24, 2.45) is 0 Å². The number of halogens is 2. The average molecular weight is 549 g/mol. The molecule has 2 saturated heterocycles. The topological polar surface area (TPSA) is 142 Å². The van der Waals surface area contributed by atoms with Crippen LogP contribution in [-0.2, 0) is 14.2 Å². The fourth-order valence-electron chi connectivity index (χ4n) is 4.78. The van der Waals surface area contributed by atoms with Crippen LogP contribution in [0.15, 0.2) is 30.9 Å². The van der Waals surface area contributed by atoms with Crippen LogP contribution >= 0.6 is 11.6 Å². The Labute approximate surface area is 223 Å².